The number of hydrogen-bond donors (Lipinski definition) is 2. The lowest BCUT2D eigenvalue weighted by atomic mass is 10.1. The van der Waals surface area contributed by atoms with Gasteiger partial charge in [0.15, 0.2) is 0 Å². The molecule has 6 heteroatoms. The van der Waals surface area contributed by atoms with Crippen molar-refractivity contribution in [2.45, 2.75) is 26.7 Å². The number of aryl methyl sites for hydroxylation is 1. The molecule has 0 aromatic carbocycles. The Hall–Kier alpha value is -2.37. The molecule has 0 fully saturated rings. The highest BCUT2D eigenvalue weighted by Crippen LogP contribution is 2.19. The Morgan fingerprint density at radius 3 is 2.74 bits per heavy atom. The summed E-state index contributed by atoms with van der Waals surface area (Å²) in [5.41, 5.74) is 9.12. The first-order chi connectivity index (χ1) is 8.99. The first kappa shape index (κ1) is 13.1. The monoisotopic (exact) mass is 260 g/mol. The zero-order chi connectivity index (χ0) is 14.0. The molecule has 2 rings (SSSR count). The topological polar surface area (TPSA) is 94.0 Å². The number of nitrogens with zero attached hydrogens (tertiary/aromatic N) is 3. The summed E-state index contributed by atoms with van der Waals surface area (Å²) in [5.74, 6) is -0.350. The van der Waals surface area contributed by atoms with Crippen LogP contribution in [0.2, 0.25) is 0 Å². The Bertz CT molecular complexity index is 602. The van der Waals surface area contributed by atoms with Gasteiger partial charge in [0.05, 0.1) is 17.6 Å². The van der Waals surface area contributed by atoms with Crippen LogP contribution in [-0.2, 0) is 11.2 Å². The molecular formula is C13H16N4O2. The molecule has 2 aromatic heterocycles. The standard InChI is InChI=1S/C13H16N4O2/c1-8-11(4-6-13(18)19)9(2)17(16-8)10-3-5-12(14)15-7-10/h3,5,7H,4,6H2,1-2H3,(H2,14,15)(H,18,19). The predicted molar refractivity (Wildman–Crippen MR) is 71.2 cm³/mol. The first-order valence-electron chi connectivity index (χ1n) is 5.98. The molecule has 0 atom stereocenters. The normalized spacial score (nSPS) is 10.6. The zero-order valence-corrected chi connectivity index (χ0v) is 10.9. The average Bonchev–Trinajstić information content (AvgIpc) is 2.63. The highest BCUT2D eigenvalue weighted by molar-refractivity contribution is 5.67. The quantitative estimate of drug-likeness (QED) is 0.868. The number of rotatable bonds is 4. The van der Waals surface area contributed by atoms with Gasteiger partial charge in [-0.1, -0.05) is 0 Å². The van der Waals surface area contributed by atoms with E-state index in [1.54, 1.807) is 16.9 Å². The molecule has 0 saturated carbocycles. The number of anilines is 1. The summed E-state index contributed by atoms with van der Waals surface area (Å²) in [4.78, 5) is 14.7. The fourth-order valence-corrected chi connectivity index (χ4v) is 2.04. The van der Waals surface area contributed by atoms with Gasteiger partial charge >= 0.3 is 5.97 Å². The number of nitrogens with two attached hydrogens (primary N) is 1. The predicted octanol–water partition coefficient (Wildman–Crippen LogP) is 1.48. The van der Waals surface area contributed by atoms with Gasteiger partial charge in [-0.3, -0.25) is 4.79 Å². The van der Waals surface area contributed by atoms with Crippen LogP contribution in [0.15, 0.2) is 18.3 Å². The maximum atomic E-state index is 10.7. The third-order valence-corrected chi connectivity index (χ3v) is 3.05. The lowest BCUT2D eigenvalue weighted by Gasteiger charge is -2.05. The molecule has 19 heavy (non-hydrogen) atoms. The van der Waals surface area contributed by atoms with Gasteiger partial charge in [-0.25, -0.2) is 9.67 Å². The summed E-state index contributed by atoms with van der Waals surface area (Å²) in [6, 6.07) is 3.55. The smallest absolute Gasteiger partial charge is 0.303 e. The first-order valence-corrected chi connectivity index (χ1v) is 5.98. The molecule has 0 aliphatic carbocycles. The fraction of sp³-hybridized carbons (Fsp3) is 0.308. The maximum Gasteiger partial charge on any atom is 0.303 e. The summed E-state index contributed by atoms with van der Waals surface area (Å²) >= 11 is 0. The SMILES string of the molecule is Cc1nn(-c2ccc(N)nc2)c(C)c1CCC(=O)O. The van der Waals surface area contributed by atoms with Crippen molar-refractivity contribution in [3.05, 3.63) is 35.3 Å². The summed E-state index contributed by atoms with van der Waals surface area (Å²) in [6.45, 7) is 3.80. The van der Waals surface area contributed by atoms with E-state index in [9.17, 15) is 4.79 Å². The lowest BCUT2D eigenvalue weighted by molar-refractivity contribution is -0.136. The molecule has 100 valence electrons. The van der Waals surface area contributed by atoms with Crippen molar-refractivity contribution in [1.82, 2.24) is 14.8 Å². The zero-order valence-electron chi connectivity index (χ0n) is 10.9. The Morgan fingerprint density at radius 2 is 2.16 bits per heavy atom. The molecule has 3 N–H and O–H groups in total. The van der Waals surface area contributed by atoms with E-state index in [4.69, 9.17) is 10.8 Å². The molecule has 0 radical (unpaired) electrons. The average molecular weight is 260 g/mol. The van der Waals surface area contributed by atoms with E-state index in [2.05, 4.69) is 10.1 Å². The molecule has 0 spiro atoms. The third-order valence-electron chi connectivity index (χ3n) is 3.05. The Balaban J connectivity index is 2.35. The van der Waals surface area contributed by atoms with Gasteiger partial charge in [0.2, 0.25) is 0 Å². The highest BCUT2D eigenvalue weighted by atomic mass is 16.4. The van der Waals surface area contributed by atoms with Gasteiger partial charge in [0.25, 0.3) is 0 Å². The number of carboxylic acids is 1. The van der Waals surface area contributed by atoms with E-state index < -0.39 is 5.97 Å². The number of aromatic nitrogens is 3. The van der Waals surface area contributed by atoms with Crippen LogP contribution in [0, 0.1) is 13.8 Å². The summed E-state index contributed by atoms with van der Waals surface area (Å²) in [6.07, 6.45) is 2.23. The van der Waals surface area contributed by atoms with Gasteiger partial charge in [0.1, 0.15) is 5.82 Å². The van der Waals surface area contributed by atoms with Crippen molar-refractivity contribution in [1.29, 1.82) is 0 Å². The Labute approximate surface area is 110 Å². The van der Waals surface area contributed by atoms with E-state index in [1.165, 1.54) is 0 Å². The highest BCUT2D eigenvalue weighted by Gasteiger charge is 2.13. The van der Waals surface area contributed by atoms with Crippen molar-refractivity contribution in [2.24, 2.45) is 0 Å². The summed E-state index contributed by atoms with van der Waals surface area (Å²) in [7, 11) is 0. The number of hydrogen-bond acceptors (Lipinski definition) is 4. The van der Waals surface area contributed by atoms with Gasteiger partial charge < -0.3 is 10.8 Å². The lowest BCUT2D eigenvalue weighted by Crippen LogP contribution is -2.02. The molecule has 0 unspecified atom stereocenters. The Kier molecular flexibility index (Phi) is 3.50. The van der Waals surface area contributed by atoms with Crippen LogP contribution < -0.4 is 5.73 Å². The van der Waals surface area contributed by atoms with Crippen LogP contribution in [0.5, 0.6) is 0 Å². The van der Waals surface area contributed by atoms with Gasteiger partial charge in [-0.2, -0.15) is 5.10 Å². The van der Waals surface area contributed by atoms with E-state index in [0.29, 0.717) is 12.2 Å². The third kappa shape index (κ3) is 2.73. The molecule has 0 bridgehead atoms. The molecule has 2 heterocycles. The van der Waals surface area contributed by atoms with Crippen molar-refractivity contribution < 1.29 is 9.90 Å². The molecule has 0 aliphatic rings. The number of aliphatic carboxylic acids is 1. The van der Waals surface area contributed by atoms with Crippen LogP contribution in [-0.4, -0.2) is 25.8 Å². The second-order valence-corrected chi connectivity index (χ2v) is 4.40. The van der Waals surface area contributed by atoms with Crippen LogP contribution in [0.3, 0.4) is 0 Å². The van der Waals surface area contributed by atoms with Crippen LogP contribution in [0.4, 0.5) is 5.82 Å². The molecule has 6 nitrogen and oxygen atoms in total. The van der Waals surface area contributed by atoms with Gasteiger partial charge in [-0.15, -0.1) is 0 Å². The van der Waals surface area contributed by atoms with E-state index in [-0.39, 0.29) is 6.42 Å². The van der Waals surface area contributed by atoms with Crippen molar-refractivity contribution in [3.8, 4) is 5.69 Å². The van der Waals surface area contributed by atoms with Crippen LogP contribution >= 0.6 is 0 Å². The van der Waals surface area contributed by atoms with Crippen molar-refractivity contribution >= 4 is 11.8 Å². The number of nitrogen functional groups attached to an aromatic ring is 1. The van der Waals surface area contributed by atoms with Crippen LogP contribution in [0.1, 0.15) is 23.4 Å². The minimum absolute atomic E-state index is 0.105. The summed E-state index contributed by atoms with van der Waals surface area (Å²) in [5, 5.41) is 13.2. The molecular weight excluding hydrogens is 244 g/mol. The summed E-state index contributed by atoms with van der Waals surface area (Å²) < 4.78 is 1.76. The second kappa shape index (κ2) is 5.09. The van der Waals surface area contributed by atoms with Crippen LogP contribution in [0.25, 0.3) is 5.69 Å². The second-order valence-electron chi connectivity index (χ2n) is 4.40. The van der Waals surface area contributed by atoms with Crippen molar-refractivity contribution in [2.75, 3.05) is 5.73 Å². The fourth-order valence-electron chi connectivity index (χ4n) is 2.04. The minimum Gasteiger partial charge on any atom is -0.481 e. The number of pyridine rings is 1. The van der Waals surface area contributed by atoms with Crippen molar-refractivity contribution in [3.63, 3.8) is 0 Å². The number of carboxylic acid groups (broad SMARTS) is 1. The molecule has 0 saturated heterocycles. The molecule has 2 aromatic rings. The van der Waals surface area contributed by atoms with E-state index in [0.717, 1.165) is 22.6 Å². The molecule has 0 aliphatic heterocycles. The molecule has 0 amide bonds. The maximum absolute atomic E-state index is 10.7. The minimum atomic E-state index is -0.805. The van der Waals surface area contributed by atoms with E-state index >= 15 is 0 Å². The van der Waals surface area contributed by atoms with E-state index in [1.807, 2.05) is 19.9 Å². The Morgan fingerprint density at radius 1 is 1.42 bits per heavy atom. The van der Waals surface area contributed by atoms with Gasteiger partial charge in [-0.05, 0) is 38.0 Å². The van der Waals surface area contributed by atoms with Gasteiger partial charge in [0, 0.05) is 12.1 Å². The largest absolute Gasteiger partial charge is 0.481 e. The number of carbonyl (C=O) groups is 1.